The number of aromatic nitrogens is 2. The van der Waals surface area contributed by atoms with Crippen molar-refractivity contribution in [2.75, 3.05) is 38.2 Å². The summed E-state index contributed by atoms with van der Waals surface area (Å²) in [6.45, 7) is 2.30. The van der Waals surface area contributed by atoms with Crippen molar-refractivity contribution in [2.45, 2.75) is 0 Å². The number of anilines is 1. The van der Waals surface area contributed by atoms with Crippen LogP contribution < -0.4 is 9.64 Å². The molecule has 0 saturated carbocycles. The van der Waals surface area contributed by atoms with Crippen LogP contribution in [-0.2, 0) is 0 Å². The van der Waals surface area contributed by atoms with Crippen LogP contribution in [0.15, 0.2) is 36.5 Å². The summed E-state index contributed by atoms with van der Waals surface area (Å²) in [5.41, 5.74) is 1.91. The molecule has 0 radical (unpaired) electrons. The third-order valence-corrected chi connectivity index (χ3v) is 5.53. The van der Waals surface area contributed by atoms with Crippen molar-refractivity contribution in [3.63, 3.8) is 0 Å². The number of carbonyl (C=O) groups is 1. The molecule has 1 aliphatic rings. The fourth-order valence-electron chi connectivity index (χ4n) is 2.98. The Labute approximate surface area is 154 Å². The van der Waals surface area contributed by atoms with Gasteiger partial charge in [-0.25, -0.2) is 14.8 Å². The van der Waals surface area contributed by atoms with E-state index in [1.54, 1.807) is 18.4 Å². The van der Waals surface area contributed by atoms with Gasteiger partial charge in [0, 0.05) is 37.9 Å². The van der Waals surface area contributed by atoms with Gasteiger partial charge < -0.3 is 19.6 Å². The zero-order chi connectivity index (χ0) is 18.1. The lowest BCUT2D eigenvalue weighted by atomic mass is 10.2. The molecule has 1 aromatic carbocycles. The third kappa shape index (κ3) is 3.15. The van der Waals surface area contributed by atoms with Crippen LogP contribution >= 0.6 is 11.3 Å². The van der Waals surface area contributed by atoms with Crippen LogP contribution in [0.1, 0.15) is 0 Å². The Kier molecular flexibility index (Phi) is 4.34. The summed E-state index contributed by atoms with van der Waals surface area (Å²) in [5.74, 6) is 1.68. The number of benzene rings is 1. The summed E-state index contributed by atoms with van der Waals surface area (Å²) in [4.78, 5) is 23.7. The molecule has 1 amide bonds. The predicted molar refractivity (Wildman–Crippen MR) is 101 cm³/mol. The molecule has 0 spiro atoms. The number of ether oxygens (including phenoxy) is 1. The van der Waals surface area contributed by atoms with Crippen LogP contribution in [0.2, 0.25) is 0 Å². The molecule has 1 saturated heterocycles. The zero-order valence-corrected chi connectivity index (χ0v) is 15.1. The normalized spacial score (nSPS) is 14.7. The van der Waals surface area contributed by atoms with Crippen molar-refractivity contribution in [1.29, 1.82) is 0 Å². The largest absolute Gasteiger partial charge is 0.497 e. The summed E-state index contributed by atoms with van der Waals surface area (Å²) < 4.78 is 6.34. The smallest absolute Gasteiger partial charge is 0.407 e. The van der Waals surface area contributed by atoms with Crippen molar-refractivity contribution in [1.82, 2.24) is 14.9 Å². The fraction of sp³-hybridized carbons (Fsp3) is 0.278. The molecule has 1 N–H and O–H groups in total. The van der Waals surface area contributed by atoms with Crippen LogP contribution in [-0.4, -0.2) is 59.4 Å². The molecule has 0 atom stereocenters. The number of rotatable bonds is 3. The predicted octanol–water partition coefficient (Wildman–Crippen LogP) is 3.17. The van der Waals surface area contributed by atoms with E-state index in [0.29, 0.717) is 26.2 Å². The number of carboxylic acid groups (broad SMARTS) is 1. The molecule has 8 heteroatoms. The second kappa shape index (κ2) is 6.80. The first kappa shape index (κ1) is 16.6. The van der Waals surface area contributed by atoms with Gasteiger partial charge in [0.05, 0.1) is 17.3 Å². The molecule has 3 aromatic rings. The van der Waals surface area contributed by atoms with E-state index in [-0.39, 0.29) is 0 Å². The highest BCUT2D eigenvalue weighted by molar-refractivity contribution is 7.21. The van der Waals surface area contributed by atoms with Crippen molar-refractivity contribution < 1.29 is 14.6 Å². The second-order valence-corrected chi connectivity index (χ2v) is 7.05. The lowest BCUT2D eigenvalue weighted by Gasteiger charge is -2.33. The maximum Gasteiger partial charge on any atom is 0.407 e. The molecule has 7 nitrogen and oxygen atoms in total. The van der Waals surface area contributed by atoms with Gasteiger partial charge in [0.25, 0.3) is 0 Å². The highest BCUT2D eigenvalue weighted by atomic mass is 32.1. The minimum absolute atomic E-state index is 0.498. The number of nitrogens with zero attached hydrogens (tertiary/aromatic N) is 4. The summed E-state index contributed by atoms with van der Waals surface area (Å²) in [7, 11) is 1.65. The fourth-order valence-corrected chi connectivity index (χ4v) is 3.97. The number of hydrogen-bond acceptors (Lipinski definition) is 6. The highest BCUT2D eigenvalue weighted by Crippen LogP contribution is 2.32. The van der Waals surface area contributed by atoms with Gasteiger partial charge >= 0.3 is 6.09 Å². The standard InChI is InChI=1S/C18H18N4O3S/c1-25-13-3-4-14-15(10-13)26-17(20-14)12-2-5-16(19-11-12)21-6-8-22(9-7-21)18(23)24/h2-5,10-11H,6-9H2,1H3,(H,23,24). The Bertz CT molecular complexity index is 933. The molecular formula is C18H18N4O3S. The van der Waals surface area contributed by atoms with Gasteiger partial charge in [-0.05, 0) is 30.3 Å². The number of pyridine rings is 1. The summed E-state index contributed by atoms with van der Waals surface area (Å²) in [6, 6.07) is 9.83. The van der Waals surface area contributed by atoms with E-state index in [0.717, 1.165) is 32.4 Å². The third-order valence-electron chi connectivity index (χ3n) is 4.46. The number of piperazine rings is 1. The maximum atomic E-state index is 11.0. The van der Waals surface area contributed by atoms with Crippen LogP contribution in [0.3, 0.4) is 0 Å². The second-order valence-electron chi connectivity index (χ2n) is 6.01. The molecule has 1 aliphatic heterocycles. The van der Waals surface area contributed by atoms with E-state index in [2.05, 4.69) is 14.9 Å². The van der Waals surface area contributed by atoms with E-state index in [4.69, 9.17) is 9.84 Å². The molecular weight excluding hydrogens is 352 g/mol. The molecule has 0 aliphatic carbocycles. The molecule has 4 rings (SSSR count). The van der Waals surface area contributed by atoms with Crippen molar-refractivity contribution >= 4 is 33.5 Å². The van der Waals surface area contributed by atoms with Crippen LogP contribution in [0.5, 0.6) is 5.75 Å². The molecule has 3 heterocycles. The summed E-state index contributed by atoms with van der Waals surface area (Å²) >= 11 is 1.61. The highest BCUT2D eigenvalue weighted by Gasteiger charge is 2.21. The lowest BCUT2D eigenvalue weighted by molar-refractivity contribution is 0.142. The van der Waals surface area contributed by atoms with Gasteiger partial charge in [0.15, 0.2) is 0 Å². The lowest BCUT2D eigenvalue weighted by Crippen LogP contribution is -2.48. The summed E-state index contributed by atoms with van der Waals surface area (Å²) in [6.07, 6.45) is 0.967. The number of amides is 1. The van der Waals surface area contributed by atoms with Gasteiger partial charge in [-0.1, -0.05) is 0 Å². The van der Waals surface area contributed by atoms with Crippen molar-refractivity contribution in [2.24, 2.45) is 0 Å². The SMILES string of the molecule is COc1ccc2nc(-c3ccc(N4CCN(C(=O)O)CC4)nc3)sc2c1. The Morgan fingerprint density at radius 1 is 1.19 bits per heavy atom. The van der Waals surface area contributed by atoms with E-state index >= 15 is 0 Å². The average Bonchev–Trinajstić information content (AvgIpc) is 3.11. The van der Waals surface area contributed by atoms with Gasteiger partial charge in [-0.3, -0.25) is 0 Å². The molecule has 1 fully saturated rings. The molecule has 0 bridgehead atoms. The minimum atomic E-state index is -0.861. The van der Waals surface area contributed by atoms with Crippen LogP contribution in [0.4, 0.5) is 10.6 Å². The first-order chi connectivity index (χ1) is 12.6. The summed E-state index contributed by atoms with van der Waals surface area (Å²) in [5, 5.41) is 9.95. The monoisotopic (exact) mass is 370 g/mol. The van der Waals surface area contributed by atoms with E-state index in [9.17, 15) is 4.79 Å². The molecule has 2 aromatic heterocycles. The number of hydrogen-bond donors (Lipinski definition) is 1. The Hall–Kier alpha value is -2.87. The van der Waals surface area contributed by atoms with Crippen molar-refractivity contribution in [3.05, 3.63) is 36.5 Å². The van der Waals surface area contributed by atoms with Gasteiger partial charge in [-0.15, -0.1) is 11.3 Å². The van der Waals surface area contributed by atoms with Crippen LogP contribution in [0.25, 0.3) is 20.8 Å². The van der Waals surface area contributed by atoms with Gasteiger partial charge in [0.1, 0.15) is 16.6 Å². The molecule has 134 valence electrons. The van der Waals surface area contributed by atoms with E-state index in [1.165, 1.54) is 4.90 Å². The number of methoxy groups -OCH3 is 1. The maximum absolute atomic E-state index is 11.0. The van der Waals surface area contributed by atoms with Crippen LogP contribution in [0, 0.1) is 0 Å². The number of fused-ring (bicyclic) bond motifs is 1. The molecule has 26 heavy (non-hydrogen) atoms. The first-order valence-electron chi connectivity index (χ1n) is 8.28. The molecule has 0 unspecified atom stereocenters. The Balaban J connectivity index is 1.52. The average molecular weight is 370 g/mol. The van der Waals surface area contributed by atoms with Crippen molar-refractivity contribution in [3.8, 4) is 16.3 Å². The topological polar surface area (TPSA) is 78.8 Å². The number of thiazole rings is 1. The Morgan fingerprint density at radius 3 is 2.65 bits per heavy atom. The first-order valence-corrected chi connectivity index (χ1v) is 9.09. The van der Waals surface area contributed by atoms with Gasteiger partial charge in [-0.2, -0.15) is 0 Å². The Morgan fingerprint density at radius 2 is 2.00 bits per heavy atom. The minimum Gasteiger partial charge on any atom is -0.497 e. The quantitative estimate of drug-likeness (QED) is 0.763. The zero-order valence-electron chi connectivity index (χ0n) is 14.3. The van der Waals surface area contributed by atoms with E-state index < -0.39 is 6.09 Å². The van der Waals surface area contributed by atoms with E-state index in [1.807, 2.05) is 36.5 Å². The van der Waals surface area contributed by atoms with Gasteiger partial charge in [0.2, 0.25) is 0 Å².